The molecule has 0 aliphatic carbocycles. The van der Waals surface area contributed by atoms with Crippen molar-refractivity contribution in [1.29, 1.82) is 0 Å². The van der Waals surface area contributed by atoms with Gasteiger partial charge in [0.2, 0.25) is 0 Å². The standard InChI is InChI=1S/C19H24BNO3/c1-3-8-24-19-10-14(4-5-18(19)23-2)16-9-17(13-21-12-16)15-6-7-20(22)11-15/h4-5,9-10,12-13,15,22H,3,6-8,11H2,1-2H3/t15-/m1/s1. The Morgan fingerprint density at radius 1 is 1.21 bits per heavy atom. The zero-order valence-electron chi connectivity index (χ0n) is 14.4. The summed E-state index contributed by atoms with van der Waals surface area (Å²) in [5.41, 5.74) is 3.34. The zero-order chi connectivity index (χ0) is 16.9. The molecule has 1 N–H and O–H groups in total. The molecule has 126 valence electrons. The van der Waals surface area contributed by atoms with Gasteiger partial charge in [-0.1, -0.05) is 19.4 Å². The summed E-state index contributed by atoms with van der Waals surface area (Å²) in [7, 11) is 1.65. The number of methoxy groups -OCH3 is 1. The molecule has 3 rings (SSSR count). The fraction of sp³-hybridized carbons (Fsp3) is 0.421. The number of aromatic nitrogens is 1. The van der Waals surface area contributed by atoms with E-state index >= 15 is 0 Å². The molecule has 0 bridgehead atoms. The predicted octanol–water partition coefficient (Wildman–Crippen LogP) is 4.02. The SMILES string of the molecule is CCCOc1cc(-c2cncc([C@@H]3CCB(O)C3)c2)ccc1OC. The van der Waals surface area contributed by atoms with Crippen molar-refractivity contribution in [3.63, 3.8) is 0 Å². The highest BCUT2D eigenvalue weighted by Gasteiger charge is 2.28. The van der Waals surface area contributed by atoms with Gasteiger partial charge in [0, 0.05) is 18.0 Å². The number of hydrogen-bond acceptors (Lipinski definition) is 4. The molecule has 4 nitrogen and oxygen atoms in total. The number of ether oxygens (including phenoxy) is 2. The molecular weight excluding hydrogens is 301 g/mol. The summed E-state index contributed by atoms with van der Waals surface area (Å²) in [5.74, 6) is 1.91. The third kappa shape index (κ3) is 3.73. The lowest BCUT2D eigenvalue weighted by Gasteiger charge is -2.14. The first-order chi connectivity index (χ1) is 11.7. The first-order valence-electron chi connectivity index (χ1n) is 8.65. The van der Waals surface area contributed by atoms with E-state index < -0.39 is 0 Å². The van der Waals surface area contributed by atoms with Crippen LogP contribution in [0.4, 0.5) is 0 Å². The molecule has 0 amide bonds. The van der Waals surface area contributed by atoms with Crippen molar-refractivity contribution in [3.8, 4) is 22.6 Å². The van der Waals surface area contributed by atoms with Crippen molar-refractivity contribution < 1.29 is 14.5 Å². The fourth-order valence-corrected chi connectivity index (χ4v) is 3.28. The molecule has 0 spiro atoms. The van der Waals surface area contributed by atoms with Crippen molar-refractivity contribution in [3.05, 3.63) is 42.2 Å². The molecule has 2 heterocycles. The quantitative estimate of drug-likeness (QED) is 0.815. The third-order valence-corrected chi connectivity index (χ3v) is 4.59. The molecule has 1 aliphatic heterocycles. The second kappa shape index (κ2) is 7.71. The van der Waals surface area contributed by atoms with E-state index in [0.29, 0.717) is 12.5 Å². The monoisotopic (exact) mass is 325 g/mol. The molecule has 1 aromatic heterocycles. The lowest BCUT2D eigenvalue weighted by Crippen LogP contribution is -2.04. The Morgan fingerprint density at radius 3 is 2.79 bits per heavy atom. The van der Waals surface area contributed by atoms with Gasteiger partial charge < -0.3 is 14.5 Å². The van der Waals surface area contributed by atoms with E-state index in [4.69, 9.17) is 9.47 Å². The fourth-order valence-electron chi connectivity index (χ4n) is 3.28. The van der Waals surface area contributed by atoms with E-state index in [1.807, 2.05) is 30.6 Å². The molecule has 1 aliphatic rings. The van der Waals surface area contributed by atoms with Crippen LogP contribution in [0.15, 0.2) is 36.7 Å². The molecular formula is C19H24BNO3. The Kier molecular flexibility index (Phi) is 5.41. The first-order valence-corrected chi connectivity index (χ1v) is 8.65. The van der Waals surface area contributed by atoms with Crippen LogP contribution in [0.1, 0.15) is 31.2 Å². The van der Waals surface area contributed by atoms with Gasteiger partial charge in [0.05, 0.1) is 13.7 Å². The molecule has 0 radical (unpaired) electrons. The van der Waals surface area contributed by atoms with Gasteiger partial charge in [0.1, 0.15) is 0 Å². The maximum atomic E-state index is 9.77. The van der Waals surface area contributed by atoms with Crippen LogP contribution in [0.5, 0.6) is 11.5 Å². The summed E-state index contributed by atoms with van der Waals surface area (Å²) in [6.45, 7) is 2.58. The molecule has 1 aromatic carbocycles. The van der Waals surface area contributed by atoms with Crippen LogP contribution in [-0.2, 0) is 0 Å². The number of rotatable bonds is 6. The van der Waals surface area contributed by atoms with E-state index in [1.165, 1.54) is 5.56 Å². The Balaban J connectivity index is 1.88. The minimum absolute atomic E-state index is 0.173. The van der Waals surface area contributed by atoms with Gasteiger partial charge in [-0.15, -0.1) is 0 Å². The predicted molar refractivity (Wildman–Crippen MR) is 97.0 cm³/mol. The van der Waals surface area contributed by atoms with Gasteiger partial charge >= 0.3 is 0 Å². The molecule has 0 saturated carbocycles. The second-order valence-corrected chi connectivity index (χ2v) is 6.38. The third-order valence-electron chi connectivity index (χ3n) is 4.59. The maximum Gasteiger partial charge on any atom is 0.289 e. The van der Waals surface area contributed by atoms with Crippen LogP contribution in [0.2, 0.25) is 12.6 Å². The summed E-state index contributed by atoms with van der Waals surface area (Å²) >= 11 is 0. The second-order valence-electron chi connectivity index (χ2n) is 6.38. The van der Waals surface area contributed by atoms with E-state index in [2.05, 4.69) is 18.0 Å². The number of nitrogens with zero attached hydrogens (tertiary/aromatic N) is 1. The summed E-state index contributed by atoms with van der Waals surface area (Å²) in [4.78, 5) is 4.41. The lowest BCUT2D eigenvalue weighted by molar-refractivity contribution is 0.294. The van der Waals surface area contributed by atoms with Gasteiger partial charge in [-0.3, -0.25) is 4.98 Å². The van der Waals surface area contributed by atoms with Crippen LogP contribution >= 0.6 is 0 Å². The smallest absolute Gasteiger partial charge is 0.289 e. The molecule has 1 saturated heterocycles. The molecule has 0 unspecified atom stereocenters. The summed E-state index contributed by atoms with van der Waals surface area (Å²) < 4.78 is 11.2. The Morgan fingerprint density at radius 2 is 2.08 bits per heavy atom. The molecule has 5 heteroatoms. The van der Waals surface area contributed by atoms with Crippen LogP contribution in [0.3, 0.4) is 0 Å². The molecule has 2 aromatic rings. The Bertz CT molecular complexity index is 692. The van der Waals surface area contributed by atoms with Gasteiger partial charge in [-0.2, -0.15) is 0 Å². The Hall–Kier alpha value is -2.01. The molecule has 1 atom stereocenters. The number of benzene rings is 1. The Labute approximate surface area is 144 Å². The average Bonchev–Trinajstić information content (AvgIpc) is 3.06. The van der Waals surface area contributed by atoms with Gasteiger partial charge in [0.25, 0.3) is 6.92 Å². The van der Waals surface area contributed by atoms with Gasteiger partial charge in [0.15, 0.2) is 11.5 Å². The highest BCUT2D eigenvalue weighted by atomic mass is 16.5. The number of hydrogen-bond donors (Lipinski definition) is 1. The average molecular weight is 325 g/mol. The van der Waals surface area contributed by atoms with E-state index in [9.17, 15) is 5.02 Å². The zero-order valence-corrected chi connectivity index (χ0v) is 14.4. The summed E-state index contributed by atoms with van der Waals surface area (Å²) in [6.07, 6.45) is 7.49. The van der Waals surface area contributed by atoms with Crippen LogP contribution in [-0.4, -0.2) is 30.6 Å². The van der Waals surface area contributed by atoms with E-state index in [-0.39, 0.29) is 6.92 Å². The van der Waals surface area contributed by atoms with Crippen LogP contribution in [0, 0.1) is 0 Å². The minimum atomic E-state index is -0.173. The van der Waals surface area contributed by atoms with Crippen molar-refractivity contribution in [2.75, 3.05) is 13.7 Å². The molecule has 1 fully saturated rings. The van der Waals surface area contributed by atoms with Gasteiger partial charge in [-0.05, 0) is 54.3 Å². The van der Waals surface area contributed by atoms with E-state index in [0.717, 1.165) is 48.1 Å². The highest BCUT2D eigenvalue weighted by Crippen LogP contribution is 2.37. The highest BCUT2D eigenvalue weighted by molar-refractivity contribution is 6.51. The lowest BCUT2D eigenvalue weighted by atomic mass is 9.66. The van der Waals surface area contributed by atoms with Crippen molar-refractivity contribution in [1.82, 2.24) is 4.98 Å². The largest absolute Gasteiger partial charge is 0.493 e. The first kappa shape index (κ1) is 16.8. The topological polar surface area (TPSA) is 51.6 Å². The van der Waals surface area contributed by atoms with Crippen molar-refractivity contribution in [2.24, 2.45) is 0 Å². The van der Waals surface area contributed by atoms with Crippen molar-refractivity contribution in [2.45, 2.75) is 38.3 Å². The molecule has 24 heavy (non-hydrogen) atoms. The maximum absolute atomic E-state index is 9.77. The van der Waals surface area contributed by atoms with Gasteiger partial charge in [-0.25, -0.2) is 0 Å². The number of pyridine rings is 1. The van der Waals surface area contributed by atoms with E-state index in [1.54, 1.807) is 7.11 Å². The van der Waals surface area contributed by atoms with Crippen molar-refractivity contribution >= 4 is 6.92 Å². The van der Waals surface area contributed by atoms with Crippen LogP contribution < -0.4 is 9.47 Å². The summed E-state index contributed by atoms with van der Waals surface area (Å²) in [5, 5.41) is 9.77. The summed E-state index contributed by atoms with van der Waals surface area (Å²) in [6, 6.07) is 8.16. The van der Waals surface area contributed by atoms with Crippen LogP contribution in [0.25, 0.3) is 11.1 Å². The normalized spacial score (nSPS) is 17.1. The minimum Gasteiger partial charge on any atom is -0.493 e.